The van der Waals surface area contributed by atoms with Gasteiger partial charge in [0.1, 0.15) is 11.5 Å². The van der Waals surface area contributed by atoms with E-state index in [1.165, 1.54) is 29.7 Å². The van der Waals surface area contributed by atoms with Gasteiger partial charge in [-0.05, 0) is 56.3 Å². The van der Waals surface area contributed by atoms with E-state index < -0.39 is 42.6 Å². The van der Waals surface area contributed by atoms with Gasteiger partial charge >= 0.3 is 24.7 Å². The summed E-state index contributed by atoms with van der Waals surface area (Å²) in [6, 6.07) is 7.64. The predicted octanol–water partition coefficient (Wildman–Crippen LogP) is 5.71. The lowest BCUT2D eigenvalue weighted by molar-refractivity contribution is -0.275. The monoisotopic (exact) mass is 519 g/mol. The molecule has 36 heavy (non-hydrogen) atoms. The average Bonchev–Trinajstić information content (AvgIpc) is 3.05. The summed E-state index contributed by atoms with van der Waals surface area (Å²) in [5, 5.41) is -0.0369. The quantitative estimate of drug-likeness (QED) is 0.280. The number of rotatable bonds is 8. The Balaban J connectivity index is 2.27. The third-order valence-corrected chi connectivity index (χ3v) is 4.70. The summed E-state index contributed by atoms with van der Waals surface area (Å²) in [5.74, 6) is -2.84. The molecular formula is C23H19F6NO6. The van der Waals surface area contributed by atoms with Crippen molar-refractivity contribution in [2.24, 2.45) is 0 Å². The van der Waals surface area contributed by atoms with Gasteiger partial charge in [0.25, 0.3) is 0 Å². The van der Waals surface area contributed by atoms with Crippen LogP contribution in [0.4, 0.5) is 26.3 Å². The predicted molar refractivity (Wildman–Crippen MR) is 113 cm³/mol. The zero-order valence-electron chi connectivity index (χ0n) is 18.8. The molecular weight excluding hydrogens is 500 g/mol. The molecule has 2 aromatic carbocycles. The van der Waals surface area contributed by atoms with E-state index in [1.54, 1.807) is 6.92 Å². The molecule has 0 unspecified atom stereocenters. The van der Waals surface area contributed by atoms with Gasteiger partial charge in [-0.15, -0.1) is 26.3 Å². The number of carbonyl (C=O) groups is 2. The molecule has 0 aliphatic carbocycles. The Morgan fingerprint density at radius 2 is 1.36 bits per heavy atom. The maximum absolute atomic E-state index is 12.9. The highest BCUT2D eigenvalue weighted by molar-refractivity contribution is 6.07. The zero-order chi connectivity index (χ0) is 26.7. The Bertz CT molecular complexity index is 1250. The van der Waals surface area contributed by atoms with Crippen molar-refractivity contribution >= 4 is 22.8 Å². The highest BCUT2D eigenvalue weighted by atomic mass is 19.4. The molecule has 0 N–H and O–H groups in total. The van der Waals surface area contributed by atoms with Crippen molar-refractivity contribution in [1.29, 1.82) is 0 Å². The van der Waals surface area contributed by atoms with Crippen molar-refractivity contribution in [3.05, 3.63) is 53.7 Å². The lowest BCUT2D eigenvalue weighted by Crippen LogP contribution is -2.17. The van der Waals surface area contributed by atoms with Crippen molar-refractivity contribution in [3.63, 3.8) is 0 Å². The van der Waals surface area contributed by atoms with Gasteiger partial charge in [-0.25, -0.2) is 4.79 Å². The molecule has 0 aliphatic heterocycles. The molecule has 0 spiro atoms. The highest BCUT2D eigenvalue weighted by Crippen LogP contribution is 2.35. The van der Waals surface area contributed by atoms with Gasteiger partial charge in [-0.1, -0.05) is 0 Å². The van der Waals surface area contributed by atoms with E-state index in [1.807, 2.05) is 0 Å². The van der Waals surface area contributed by atoms with Crippen molar-refractivity contribution in [2.45, 2.75) is 33.0 Å². The SMILES string of the molecule is CCOC(=O)Cc1c(C(=O)OCC)c2cc(OC(F)(F)F)ccc2n1-c1ccc(OC(F)(F)F)cc1. The Kier molecular flexibility index (Phi) is 7.70. The van der Waals surface area contributed by atoms with E-state index in [-0.39, 0.29) is 41.1 Å². The summed E-state index contributed by atoms with van der Waals surface area (Å²) >= 11 is 0. The number of alkyl halides is 6. The number of halogens is 6. The topological polar surface area (TPSA) is 76.0 Å². The van der Waals surface area contributed by atoms with Crippen LogP contribution in [0.15, 0.2) is 42.5 Å². The lowest BCUT2D eigenvalue weighted by Gasteiger charge is -2.14. The largest absolute Gasteiger partial charge is 0.573 e. The number of carbonyl (C=O) groups excluding carboxylic acids is 2. The van der Waals surface area contributed by atoms with Crippen molar-refractivity contribution in [1.82, 2.24) is 4.57 Å². The summed E-state index contributed by atoms with van der Waals surface area (Å²) in [5.41, 5.74) is 0.129. The zero-order valence-corrected chi connectivity index (χ0v) is 18.8. The maximum Gasteiger partial charge on any atom is 0.573 e. The molecule has 0 radical (unpaired) electrons. The number of aromatic nitrogens is 1. The van der Waals surface area contributed by atoms with Gasteiger partial charge in [0.2, 0.25) is 0 Å². The molecule has 3 aromatic rings. The van der Waals surface area contributed by atoms with E-state index in [0.29, 0.717) is 0 Å². The van der Waals surface area contributed by atoms with Gasteiger partial charge in [0.05, 0.1) is 30.7 Å². The molecule has 13 heteroatoms. The Morgan fingerprint density at radius 3 is 1.92 bits per heavy atom. The van der Waals surface area contributed by atoms with Gasteiger partial charge in [-0.3, -0.25) is 4.79 Å². The van der Waals surface area contributed by atoms with E-state index in [2.05, 4.69) is 9.47 Å². The fourth-order valence-electron chi connectivity index (χ4n) is 3.56. The van der Waals surface area contributed by atoms with Gasteiger partial charge in [0, 0.05) is 16.8 Å². The number of hydrogen-bond acceptors (Lipinski definition) is 6. The fraction of sp³-hybridized carbons (Fsp3) is 0.304. The van der Waals surface area contributed by atoms with E-state index in [0.717, 1.165) is 24.3 Å². The van der Waals surface area contributed by atoms with Crippen LogP contribution >= 0.6 is 0 Å². The molecule has 0 amide bonds. The summed E-state index contributed by atoms with van der Waals surface area (Å²) in [4.78, 5) is 25.2. The highest BCUT2D eigenvalue weighted by Gasteiger charge is 2.33. The smallest absolute Gasteiger partial charge is 0.466 e. The molecule has 0 atom stereocenters. The summed E-state index contributed by atoms with van der Waals surface area (Å²) < 4.78 is 95.3. The average molecular weight is 519 g/mol. The maximum atomic E-state index is 12.9. The molecule has 1 heterocycles. The van der Waals surface area contributed by atoms with Crippen LogP contribution in [0.25, 0.3) is 16.6 Å². The number of fused-ring (bicyclic) bond motifs is 1. The summed E-state index contributed by atoms with van der Waals surface area (Å²) in [6.07, 6.45) is -10.4. The van der Waals surface area contributed by atoms with Crippen LogP contribution < -0.4 is 9.47 Å². The first-order valence-corrected chi connectivity index (χ1v) is 10.4. The molecule has 0 bridgehead atoms. The Hall–Kier alpha value is -3.90. The third kappa shape index (κ3) is 6.40. The summed E-state index contributed by atoms with van der Waals surface area (Å²) in [6.45, 7) is 3.01. The fourth-order valence-corrected chi connectivity index (χ4v) is 3.56. The molecule has 194 valence electrons. The van der Waals surface area contributed by atoms with Crippen molar-refractivity contribution in [3.8, 4) is 17.2 Å². The van der Waals surface area contributed by atoms with Crippen LogP contribution in [0, 0.1) is 0 Å². The van der Waals surface area contributed by atoms with Crippen LogP contribution in [0.3, 0.4) is 0 Å². The first-order valence-electron chi connectivity index (χ1n) is 10.4. The number of nitrogens with zero attached hydrogens (tertiary/aromatic N) is 1. The van der Waals surface area contributed by atoms with Gasteiger partial charge in [-0.2, -0.15) is 0 Å². The second-order valence-corrected chi connectivity index (χ2v) is 7.13. The second-order valence-electron chi connectivity index (χ2n) is 7.13. The first kappa shape index (κ1) is 26.7. The Morgan fingerprint density at radius 1 is 0.806 bits per heavy atom. The van der Waals surface area contributed by atoms with E-state index >= 15 is 0 Å². The number of ether oxygens (including phenoxy) is 4. The number of esters is 2. The van der Waals surface area contributed by atoms with Crippen LogP contribution in [0.2, 0.25) is 0 Å². The number of benzene rings is 2. The molecule has 7 nitrogen and oxygen atoms in total. The van der Waals surface area contributed by atoms with E-state index in [9.17, 15) is 35.9 Å². The number of hydrogen-bond donors (Lipinski definition) is 0. The van der Waals surface area contributed by atoms with E-state index in [4.69, 9.17) is 9.47 Å². The minimum absolute atomic E-state index is 0.00412. The molecule has 0 saturated heterocycles. The second kappa shape index (κ2) is 10.4. The Labute approximate surface area is 200 Å². The third-order valence-electron chi connectivity index (χ3n) is 4.70. The van der Waals surface area contributed by atoms with Crippen LogP contribution in [-0.4, -0.2) is 42.4 Å². The molecule has 0 saturated carbocycles. The van der Waals surface area contributed by atoms with Gasteiger partial charge in [0.15, 0.2) is 0 Å². The molecule has 0 aliphatic rings. The molecule has 3 rings (SSSR count). The summed E-state index contributed by atoms with van der Waals surface area (Å²) in [7, 11) is 0. The normalized spacial score (nSPS) is 11.9. The minimum atomic E-state index is -5.01. The van der Waals surface area contributed by atoms with Crippen molar-refractivity contribution < 1.29 is 54.9 Å². The molecule has 0 fully saturated rings. The van der Waals surface area contributed by atoms with Gasteiger partial charge < -0.3 is 23.5 Å². The van der Waals surface area contributed by atoms with Crippen molar-refractivity contribution in [2.75, 3.05) is 13.2 Å². The molecule has 1 aromatic heterocycles. The lowest BCUT2D eigenvalue weighted by atomic mass is 10.1. The standard InChI is InChI=1S/C23H19F6NO6/c1-3-33-19(31)12-18-20(21(32)34-4-2)16-11-15(36-23(27,28)29)9-10-17(16)30(18)13-5-7-14(8-6-13)35-22(24,25)26/h5-11H,3-4,12H2,1-2H3. The first-order chi connectivity index (χ1) is 16.8. The van der Waals surface area contributed by atoms with Crippen LogP contribution in [-0.2, 0) is 20.7 Å². The minimum Gasteiger partial charge on any atom is -0.466 e. The van der Waals surface area contributed by atoms with Crippen LogP contribution in [0.1, 0.15) is 29.9 Å². The van der Waals surface area contributed by atoms with Crippen LogP contribution in [0.5, 0.6) is 11.5 Å².